The molecule has 1 aliphatic heterocycles. The number of non-ortho nitro benzene ring substituents is 1. The molecule has 0 unspecified atom stereocenters. The molecule has 11 heteroatoms. The lowest BCUT2D eigenvalue weighted by Crippen LogP contribution is -2.27. The number of anilines is 1. The second-order valence-corrected chi connectivity index (χ2v) is 9.08. The standard InChI is InChI=1S/C24H16Cl2N2O6S/c1-33-20-10-15(9-19(26)22(20)34-13-14-5-7-17(8-6-14)28(31)32)11-21-23(29)27(24(30)35-21)18-4-2-3-16(25)12-18/h2-12H,13H2,1H3/b21-11+. The van der Waals surface area contributed by atoms with Crippen molar-refractivity contribution in [1.29, 1.82) is 0 Å². The summed E-state index contributed by atoms with van der Waals surface area (Å²) >= 11 is 13.2. The van der Waals surface area contributed by atoms with E-state index < -0.39 is 16.1 Å². The van der Waals surface area contributed by atoms with Gasteiger partial charge in [0.2, 0.25) is 0 Å². The molecule has 1 saturated heterocycles. The van der Waals surface area contributed by atoms with Crippen LogP contribution in [0.1, 0.15) is 11.1 Å². The Balaban J connectivity index is 1.55. The predicted molar refractivity (Wildman–Crippen MR) is 135 cm³/mol. The highest BCUT2D eigenvalue weighted by Crippen LogP contribution is 2.40. The number of rotatable bonds is 7. The highest BCUT2D eigenvalue weighted by molar-refractivity contribution is 8.19. The van der Waals surface area contributed by atoms with Gasteiger partial charge in [0.05, 0.1) is 27.6 Å². The van der Waals surface area contributed by atoms with Crippen molar-refractivity contribution in [3.05, 3.63) is 96.9 Å². The SMILES string of the molecule is COc1cc(/C=C2/SC(=O)N(c3cccc(Cl)c3)C2=O)cc(Cl)c1OCc1ccc([N+](=O)[O-])cc1. The quantitative estimate of drug-likeness (QED) is 0.189. The summed E-state index contributed by atoms with van der Waals surface area (Å²) in [5.74, 6) is 0.118. The molecule has 4 rings (SSSR count). The van der Waals surface area contributed by atoms with E-state index in [1.54, 1.807) is 48.5 Å². The van der Waals surface area contributed by atoms with Crippen LogP contribution in [0.4, 0.5) is 16.2 Å². The first-order valence-corrected chi connectivity index (χ1v) is 11.6. The molecule has 0 aromatic heterocycles. The number of methoxy groups -OCH3 is 1. The molecular formula is C24H16Cl2N2O6S. The van der Waals surface area contributed by atoms with Crippen LogP contribution in [0, 0.1) is 10.1 Å². The molecule has 0 bridgehead atoms. The summed E-state index contributed by atoms with van der Waals surface area (Å²) in [5.41, 5.74) is 1.60. The number of carbonyl (C=O) groups is 2. The maximum absolute atomic E-state index is 12.9. The van der Waals surface area contributed by atoms with E-state index in [1.807, 2.05) is 0 Å². The fraction of sp³-hybridized carbons (Fsp3) is 0.0833. The van der Waals surface area contributed by atoms with Crippen LogP contribution in [0.3, 0.4) is 0 Å². The zero-order chi connectivity index (χ0) is 25.1. The van der Waals surface area contributed by atoms with E-state index in [0.717, 1.165) is 16.7 Å². The molecule has 0 radical (unpaired) electrons. The molecular weight excluding hydrogens is 515 g/mol. The number of hydrogen-bond acceptors (Lipinski definition) is 7. The van der Waals surface area contributed by atoms with Gasteiger partial charge in [0, 0.05) is 17.2 Å². The summed E-state index contributed by atoms with van der Waals surface area (Å²) in [5, 5.41) is 11.0. The van der Waals surface area contributed by atoms with E-state index in [1.165, 1.54) is 25.3 Å². The van der Waals surface area contributed by atoms with Crippen LogP contribution in [0.2, 0.25) is 10.0 Å². The molecule has 0 atom stereocenters. The van der Waals surface area contributed by atoms with Crippen molar-refractivity contribution in [3.63, 3.8) is 0 Å². The Morgan fingerprint density at radius 3 is 2.49 bits per heavy atom. The Bertz CT molecular complexity index is 1360. The molecule has 8 nitrogen and oxygen atoms in total. The zero-order valence-corrected chi connectivity index (χ0v) is 20.4. The van der Waals surface area contributed by atoms with Crippen molar-refractivity contribution in [3.8, 4) is 11.5 Å². The molecule has 1 fully saturated rings. The summed E-state index contributed by atoms with van der Waals surface area (Å²) in [7, 11) is 1.45. The highest BCUT2D eigenvalue weighted by atomic mass is 35.5. The third-order valence-corrected chi connectivity index (χ3v) is 6.33. The van der Waals surface area contributed by atoms with Gasteiger partial charge < -0.3 is 9.47 Å². The van der Waals surface area contributed by atoms with Crippen molar-refractivity contribution < 1.29 is 24.0 Å². The number of nitrogens with zero attached hydrogens (tertiary/aromatic N) is 2. The van der Waals surface area contributed by atoms with E-state index in [2.05, 4.69) is 0 Å². The van der Waals surface area contributed by atoms with Crippen LogP contribution in [-0.4, -0.2) is 23.2 Å². The molecule has 3 aromatic carbocycles. The minimum atomic E-state index is -0.479. The fourth-order valence-corrected chi connectivity index (χ4v) is 4.59. The van der Waals surface area contributed by atoms with Crippen LogP contribution >= 0.6 is 35.0 Å². The molecule has 0 N–H and O–H groups in total. The van der Waals surface area contributed by atoms with E-state index in [9.17, 15) is 19.7 Å². The lowest BCUT2D eigenvalue weighted by molar-refractivity contribution is -0.384. The van der Waals surface area contributed by atoms with Gasteiger partial charge in [-0.2, -0.15) is 0 Å². The molecule has 1 aliphatic rings. The van der Waals surface area contributed by atoms with Gasteiger partial charge in [-0.05, 0) is 71.4 Å². The fourth-order valence-electron chi connectivity index (χ4n) is 3.29. The Labute approximate surface area is 214 Å². The molecule has 0 aliphatic carbocycles. The van der Waals surface area contributed by atoms with Crippen LogP contribution < -0.4 is 14.4 Å². The van der Waals surface area contributed by atoms with Crippen LogP contribution in [-0.2, 0) is 11.4 Å². The van der Waals surface area contributed by atoms with Gasteiger partial charge in [-0.1, -0.05) is 29.3 Å². The van der Waals surface area contributed by atoms with Crippen molar-refractivity contribution in [2.75, 3.05) is 12.0 Å². The summed E-state index contributed by atoms with van der Waals surface area (Å²) in [6, 6.07) is 15.6. The number of imide groups is 1. The van der Waals surface area contributed by atoms with Crippen molar-refractivity contribution >= 4 is 63.6 Å². The topological polar surface area (TPSA) is 99.0 Å². The summed E-state index contributed by atoms with van der Waals surface area (Å²) in [6.07, 6.45) is 1.55. The molecule has 0 spiro atoms. The van der Waals surface area contributed by atoms with E-state index in [4.69, 9.17) is 32.7 Å². The summed E-state index contributed by atoms with van der Waals surface area (Å²) in [4.78, 5) is 37.0. The first-order chi connectivity index (χ1) is 16.8. The smallest absolute Gasteiger partial charge is 0.298 e. The number of hydrogen-bond donors (Lipinski definition) is 0. The Kier molecular flexibility index (Phi) is 7.30. The molecule has 35 heavy (non-hydrogen) atoms. The van der Waals surface area contributed by atoms with Gasteiger partial charge in [-0.3, -0.25) is 19.7 Å². The van der Waals surface area contributed by atoms with E-state index in [0.29, 0.717) is 27.6 Å². The van der Waals surface area contributed by atoms with E-state index in [-0.39, 0.29) is 28.0 Å². The Morgan fingerprint density at radius 2 is 1.83 bits per heavy atom. The molecule has 2 amide bonds. The third-order valence-electron chi connectivity index (χ3n) is 4.94. The monoisotopic (exact) mass is 530 g/mol. The van der Waals surface area contributed by atoms with E-state index >= 15 is 0 Å². The van der Waals surface area contributed by atoms with Gasteiger partial charge >= 0.3 is 0 Å². The van der Waals surface area contributed by atoms with Crippen molar-refractivity contribution in [2.45, 2.75) is 6.61 Å². The summed E-state index contributed by atoms with van der Waals surface area (Å²) in [6.45, 7) is 0.103. The molecule has 178 valence electrons. The lowest BCUT2D eigenvalue weighted by Gasteiger charge is -2.14. The Hall–Kier alpha value is -3.53. The van der Waals surface area contributed by atoms with Gasteiger partial charge in [0.25, 0.3) is 16.8 Å². The third kappa shape index (κ3) is 5.43. The normalized spacial score (nSPS) is 14.5. The number of nitro groups is 1. The number of halogens is 2. The Morgan fingerprint density at radius 1 is 1.09 bits per heavy atom. The molecule has 1 heterocycles. The number of nitro benzene ring substituents is 1. The van der Waals surface area contributed by atoms with Crippen molar-refractivity contribution in [2.24, 2.45) is 0 Å². The maximum atomic E-state index is 12.9. The van der Waals surface area contributed by atoms with Crippen LogP contribution in [0.15, 0.2) is 65.6 Å². The number of thioether (sulfide) groups is 1. The summed E-state index contributed by atoms with van der Waals surface area (Å²) < 4.78 is 11.2. The molecule has 3 aromatic rings. The molecule has 0 saturated carbocycles. The average Bonchev–Trinajstić information content (AvgIpc) is 3.10. The predicted octanol–water partition coefficient (Wildman–Crippen LogP) is 6.73. The average molecular weight is 531 g/mol. The number of benzene rings is 3. The van der Waals surface area contributed by atoms with Gasteiger partial charge in [0.15, 0.2) is 11.5 Å². The first-order valence-electron chi connectivity index (χ1n) is 10.0. The van der Waals surface area contributed by atoms with Crippen LogP contribution in [0.5, 0.6) is 11.5 Å². The largest absolute Gasteiger partial charge is 0.493 e. The second-order valence-electron chi connectivity index (χ2n) is 7.24. The van der Waals surface area contributed by atoms with Gasteiger partial charge in [-0.15, -0.1) is 0 Å². The zero-order valence-electron chi connectivity index (χ0n) is 18.1. The van der Waals surface area contributed by atoms with Crippen LogP contribution in [0.25, 0.3) is 6.08 Å². The number of ether oxygens (including phenoxy) is 2. The number of amides is 2. The van der Waals surface area contributed by atoms with Gasteiger partial charge in [0.1, 0.15) is 6.61 Å². The minimum absolute atomic E-state index is 0.0199. The first kappa shape index (κ1) is 24.6. The number of carbonyl (C=O) groups excluding carboxylic acids is 2. The van der Waals surface area contributed by atoms with Gasteiger partial charge in [-0.25, -0.2) is 4.90 Å². The maximum Gasteiger partial charge on any atom is 0.298 e. The highest BCUT2D eigenvalue weighted by Gasteiger charge is 2.36. The second kappa shape index (κ2) is 10.4. The lowest BCUT2D eigenvalue weighted by atomic mass is 10.1. The minimum Gasteiger partial charge on any atom is -0.493 e. The van der Waals surface area contributed by atoms with Crippen molar-refractivity contribution in [1.82, 2.24) is 0 Å².